The third kappa shape index (κ3) is 4.60. The van der Waals surface area contributed by atoms with Gasteiger partial charge in [0.1, 0.15) is 6.04 Å². The normalized spacial score (nSPS) is 13.8. The van der Waals surface area contributed by atoms with E-state index in [0.29, 0.717) is 5.56 Å². The minimum atomic E-state index is -4.12. The second-order valence-electron chi connectivity index (χ2n) is 5.58. The van der Waals surface area contributed by atoms with E-state index in [1.807, 2.05) is 0 Å². The van der Waals surface area contributed by atoms with Crippen LogP contribution in [0, 0.1) is 0 Å². The van der Waals surface area contributed by atoms with Gasteiger partial charge < -0.3 is 10.8 Å². The molecule has 25 heavy (non-hydrogen) atoms. The third-order valence-electron chi connectivity index (χ3n) is 3.77. The Morgan fingerprint density at radius 1 is 1.04 bits per heavy atom. The topological polar surface area (TPSA) is 92.4 Å². The zero-order valence-electron chi connectivity index (χ0n) is 13.2. The monoisotopic (exact) mass is 348 g/mol. The van der Waals surface area contributed by atoms with Crippen LogP contribution >= 0.6 is 0 Å². The van der Waals surface area contributed by atoms with Crippen molar-refractivity contribution in [3.8, 4) is 0 Å². The fraction of sp³-hybridized carbons (Fsp3) is 0.222. The number of carbonyl (C=O) groups is 2. The second kappa shape index (κ2) is 7.85. The molecule has 1 amide bonds. The number of rotatable bonds is 8. The number of alkyl halides is 2. The smallest absolute Gasteiger partial charge is 0.376 e. The molecule has 7 heteroatoms. The standard InChI is InChI=1S/C18H18F2N2O3/c19-18(20,17(24)25)15(13-9-5-2-6-10-13)22-14(16(21)23)11-12-7-3-1-4-8-12/h1-10,14-15,22H,11H2,(H2,21,23)(H,24,25)/t14-,15+/m0/s1. The van der Waals surface area contributed by atoms with E-state index in [4.69, 9.17) is 10.8 Å². The highest BCUT2D eigenvalue weighted by atomic mass is 19.3. The first kappa shape index (κ1) is 18.5. The molecule has 0 radical (unpaired) electrons. The number of hydrogen-bond acceptors (Lipinski definition) is 3. The molecule has 2 aromatic rings. The van der Waals surface area contributed by atoms with Crippen molar-refractivity contribution >= 4 is 11.9 Å². The number of carboxylic acids is 1. The Bertz CT molecular complexity index is 724. The average molecular weight is 348 g/mol. The zero-order valence-corrected chi connectivity index (χ0v) is 13.2. The molecule has 0 bridgehead atoms. The molecule has 2 rings (SSSR count). The minimum Gasteiger partial charge on any atom is -0.477 e. The maximum atomic E-state index is 14.2. The second-order valence-corrected chi connectivity index (χ2v) is 5.58. The van der Waals surface area contributed by atoms with Gasteiger partial charge >= 0.3 is 11.9 Å². The van der Waals surface area contributed by atoms with E-state index in [1.165, 1.54) is 24.3 Å². The summed E-state index contributed by atoms with van der Waals surface area (Å²) in [6, 6.07) is 13.1. The van der Waals surface area contributed by atoms with E-state index in [0.717, 1.165) is 0 Å². The van der Waals surface area contributed by atoms with Crippen LogP contribution in [0.25, 0.3) is 0 Å². The van der Waals surface area contributed by atoms with E-state index in [9.17, 15) is 18.4 Å². The first-order chi connectivity index (χ1) is 11.8. The molecule has 4 N–H and O–H groups in total. The van der Waals surface area contributed by atoms with Crippen molar-refractivity contribution in [2.45, 2.75) is 24.4 Å². The average Bonchev–Trinajstić information content (AvgIpc) is 2.59. The van der Waals surface area contributed by atoms with Crippen LogP contribution in [-0.2, 0) is 16.0 Å². The van der Waals surface area contributed by atoms with Crippen molar-refractivity contribution in [3.63, 3.8) is 0 Å². The Kier molecular flexibility index (Phi) is 5.82. The summed E-state index contributed by atoms with van der Waals surface area (Å²) in [5.74, 6) is -7.24. The van der Waals surface area contributed by atoms with Crippen molar-refractivity contribution < 1.29 is 23.5 Å². The number of halogens is 2. The van der Waals surface area contributed by atoms with Crippen LogP contribution in [0.5, 0.6) is 0 Å². The lowest BCUT2D eigenvalue weighted by Gasteiger charge is -2.28. The van der Waals surface area contributed by atoms with Crippen molar-refractivity contribution in [3.05, 3.63) is 71.8 Å². The largest absolute Gasteiger partial charge is 0.477 e. The Hall–Kier alpha value is -2.80. The lowest BCUT2D eigenvalue weighted by atomic mass is 9.97. The number of nitrogens with one attached hydrogen (secondary N) is 1. The Morgan fingerprint density at radius 3 is 2.04 bits per heavy atom. The molecule has 2 atom stereocenters. The number of carbonyl (C=O) groups excluding carboxylic acids is 1. The highest BCUT2D eigenvalue weighted by molar-refractivity contribution is 5.81. The molecule has 0 aliphatic rings. The molecule has 2 aromatic carbocycles. The van der Waals surface area contributed by atoms with E-state index < -0.39 is 29.9 Å². The molecular weight excluding hydrogens is 330 g/mol. The van der Waals surface area contributed by atoms with Gasteiger partial charge in [0.25, 0.3) is 0 Å². The SMILES string of the molecule is NC(=O)[C@H](Cc1ccccc1)N[C@H](c1ccccc1)C(F)(F)C(=O)O. The zero-order chi connectivity index (χ0) is 18.4. The first-order valence-electron chi connectivity index (χ1n) is 7.58. The maximum absolute atomic E-state index is 14.2. The van der Waals surface area contributed by atoms with Crippen molar-refractivity contribution in [1.29, 1.82) is 0 Å². The summed E-state index contributed by atoms with van der Waals surface area (Å²) in [6.45, 7) is 0. The fourth-order valence-electron chi connectivity index (χ4n) is 2.47. The summed E-state index contributed by atoms with van der Waals surface area (Å²) in [7, 11) is 0. The lowest BCUT2D eigenvalue weighted by molar-refractivity contribution is -0.170. The van der Waals surface area contributed by atoms with Crippen LogP contribution in [0.3, 0.4) is 0 Å². The van der Waals surface area contributed by atoms with Crippen LogP contribution in [0.2, 0.25) is 0 Å². The van der Waals surface area contributed by atoms with Gasteiger partial charge in [-0.15, -0.1) is 0 Å². The predicted octanol–water partition coefficient (Wildman–Crippen LogP) is 2.13. The van der Waals surface area contributed by atoms with Gasteiger partial charge in [-0.05, 0) is 17.5 Å². The van der Waals surface area contributed by atoms with E-state index in [2.05, 4.69) is 5.32 Å². The van der Waals surface area contributed by atoms with Gasteiger partial charge in [-0.25, -0.2) is 4.79 Å². The molecule has 0 spiro atoms. The maximum Gasteiger partial charge on any atom is 0.376 e. The summed E-state index contributed by atoms with van der Waals surface area (Å²) in [4.78, 5) is 22.8. The van der Waals surface area contributed by atoms with Crippen molar-refractivity contribution in [2.75, 3.05) is 0 Å². The molecular formula is C18H18F2N2O3. The van der Waals surface area contributed by atoms with Crippen molar-refractivity contribution in [2.24, 2.45) is 5.73 Å². The van der Waals surface area contributed by atoms with Gasteiger partial charge in [0.2, 0.25) is 5.91 Å². The molecule has 0 aliphatic heterocycles. The fourth-order valence-corrected chi connectivity index (χ4v) is 2.47. The van der Waals surface area contributed by atoms with Crippen LogP contribution in [-0.4, -0.2) is 28.9 Å². The highest BCUT2D eigenvalue weighted by Gasteiger charge is 2.49. The summed E-state index contributed by atoms with van der Waals surface area (Å²) < 4.78 is 28.5. The van der Waals surface area contributed by atoms with Crippen LogP contribution in [0.15, 0.2) is 60.7 Å². The number of primary amides is 1. The minimum absolute atomic E-state index is 0.0502. The summed E-state index contributed by atoms with van der Waals surface area (Å²) >= 11 is 0. The molecule has 0 saturated heterocycles. The summed E-state index contributed by atoms with van der Waals surface area (Å²) in [6.07, 6.45) is 0.0647. The molecule has 0 heterocycles. The highest BCUT2D eigenvalue weighted by Crippen LogP contribution is 2.32. The Balaban J connectivity index is 2.33. The number of carboxylic acid groups (broad SMARTS) is 1. The van der Waals surface area contributed by atoms with Gasteiger partial charge in [0.15, 0.2) is 0 Å². The lowest BCUT2D eigenvalue weighted by Crippen LogP contribution is -2.51. The van der Waals surface area contributed by atoms with Crippen molar-refractivity contribution in [1.82, 2.24) is 5.32 Å². The summed E-state index contributed by atoms with van der Waals surface area (Å²) in [5, 5.41) is 11.3. The quantitative estimate of drug-likeness (QED) is 0.681. The van der Waals surface area contributed by atoms with Gasteiger partial charge in [-0.2, -0.15) is 8.78 Å². The Morgan fingerprint density at radius 2 is 1.56 bits per heavy atom. The van der Waals surface area contributed by atoms with Crippen LogP contribution in [0.4, 0.5) is 8.78 Å². The molecule has 0 saturated carbocycles. The van der Waals surface area contributed by atoms with Gasteiger partial charge in [-0.1, -0.05) is 60.7 Å². The summed E-state index contributed by atoms with van der Waals surface area (Å²) in [5.41, 5.74) is 6.10. The number of hydrogen-bond donors (Lipinski definition) is 3. The van der Waals surface area contributed by atoms with Gasteiger partial charge in [0.05, 0.1) is 6.04 Å². The van der Waals surface area contributed by atoms with E-state index in [1.54, 1.807) is 36.4 Å². The first-order valence-corrected chi connectivity index (χ1v) is 7.58. The molecule has 0 aliphatic carbocycles. The van der Waals surface area contributed by atoms with E-state index in [-0.39, 0.29) is 12.0 Å². The predicted molar refractivity (Wildman–Crippen MR) is 88.0 cm³/mol. The molecule has 0 aromatic heterocycles. The van der Waals surface area contributed by atoms with Crippen LogP contribution < -0.4 is 11.1 Å². The Labute approximate surface area is 143 Å². The number of aliphatic carboxylic acids is 1. The van der Waals surface area contributed by atoms with Gasteiger partial charge in [0, 0.05) is 0 Å². The number of nitrogens with two attached hydrogens (primary N) is 1. The third-order valence-corrected chi connectivity index (χ3v) is 3.77. The van der Waals surface area contributed by atoms with Gasteiger partial charge in [-0.3, -0.25) is 10.1 Å². The molecule has 5 nitrogen and oxygen atoms in total. The molecule has 132 valence electrons. The molecule has 0 unspecified atom stereocenters. The number of benzene rings is 2. The van der Waals surface area contributed by atoms with E-state index >= 15 is 0 Å². The van der Waals surface area contributed by atoms with Crippen LogP contribution in [0.1, 0.15) is 17.2 Å². The number of amides is 1. The molecule has 0 fully saturated rings.